The number of para-hydroxylation sites is 2. The number of rotatable bonds is 9. The number of imidazole rings is 1. The van der Waals surface area contributed by atoms with Crippen LogP contribution in [0.25, 0.3) is 11.0 Å². The van der Waals surface area contributed by atoms with Gasteiger partial charge in [0.2, 0.25) is 0 Å². The van der Waals surface area contributed by atoms with Crippen LogP contribution in [0, 0.1) is 5.92 Å². The molecule has 1 fully saturated rings. The van der Waals surface area contributed by atoms with Crippen molar-refractivity contribution < 1.29 is 9.47 Å². The molecule has 0 saturated carbocycles. The van der Waals surface area contributed by atoms with Crippen LogP contribution in [0.1, 0.15) is 18.7 Å². The molecule has 1 unspecified atom stereocenters. The molecule has 1 aromatic heterocycles. The second kappa shape index (κ2) is 10.1. The summed E-state index contributed by atoms with van der Waals surface area (Å²) >= 11 is 0. The van der Waals surface area contributed by atoms with Gasteiger partial charge in [0, 0.05) is 45.7 Å². The molecule has 1 atom stereocenters. The van der Waals surface area contributed by atoms with Crippen LogP contribution in [0.2, 0.25) is 0 Å². The number of guanidine groups is 1. The van der Waals surface area contributed by atoms with Crippen molar-refractivity contribution in [1.29, 1.82) is 0 Å². The maximum Gasteiger partial charge on any atom is 0.190 e. The third-order valence-corrected chi connectivity index (χ3v) is 4.45. The first-order chi connectivity index (χ1) is 12.8. The molecular formula is C19H29N5O2. The van der Waals surface area contributed by atoms with Crippen LogP contribution in [0.4, 0.5) is 0 Å². The molecule has 26 heavy (non-hydrogen) atoms. The van der Waals surface area contributed by atoms with Crippen molar-refractivity contribution in [3.63, 3.8) is 0 Å². The molecule has 3 rings (SSSR count). The molecule has 0 bridgehead atoms. The maximum absolute atomic E-state index is 5.71. The standard InChI is InChI=1S/C19H29N5O2/c1-20-19(21-9-4-11-25-13-15-8-12-26-14-15)22-10-7-18-23-16-5-2-3-6-17(16)24-18/h2-3,5-6,15H,4,7-14H2,1H3,(H,23,24)(H2,20,21,22). The predicted octanol–water partition coefficient (Wildman–Crippen LogP) is 1.71. The Bertz CT molecular complexity index is 661. The number of nitrogens with one attached hydrogen (secondary N) is 3. The molecule has 0 amide bonds. The lowest BCUT2D eigenvalue weighted by Gasteiger charge is -2.12. The van der Waals surface area contributed by atoms with Crippen molar-refractivity contribution >= 4 is 17.0 Å². The van der Waals surface area contributed by atoms with Crippen molar-refractivity contribution in [2.24, 2.45) is 10.9 Å². The lowest BCUT2D eigenvalue weighted by atomic mass is 10.1. The number of benzene rings is 1. The molecule has 0 radical (unpaired) electrons. The third-order valence-electron chi connectivity index (χ3n) is 4.45. The van der Waals surface area contributed by atoms with Crippen LogP contribution < -0.4 is 10.6 Å². The van der Waals surface area contributed by atoms with Crippen molar-refractivity contribution in [3.8, 4) is 0 Å². The second-order valence-corrected chi connectivity index (χ2v) is 6.53. The molecule has 0 aliphatic carbocycles. The molecule has 2 heterocycles. The summed E-state index contributed by atoms with van der Waals surface area (Å²) in [5.41, 5.74) is 2.09. The minimum absolute atomic E-state index is 0.579. The monoisotopic (exact) mass is 359 g/mol. The average molecular weight is 359 g/mol. The molecule has 7 nitrogen and oxygen atoms in total. The minimum atomic E-state index is 0.579. The molecular weight excluding hydrogens is 330 g/mol. The summed E-state index contributed by atoms with van der Waals surface area (Å²) in [5, 5.41) is 6.63. The first-order valence-corrected chi connectivity index (χ1v) is 9.39. The van der Waals surface area contributed by atoms with E-state index in [-0.39, 0.29) is 0 Å². The SMILES string of the molecule is CN=C(NCCCOCC1CCOC1)NCCc1nc2ccccc2[nH]1. The summed E-state index contributed by atoms with van der Waals surface area (Å²) in [5.74, 6) is 2.37. The fourth-order valence-corrected chi connectivity index (χ4v) is 2.99. The Morgan fingerprint density at radius 1 is 1.35 bits per heavy atom. The van der Waals surface area contributed by atoms with E-state index in [2.05, 4.69) is 25.6 Å². The third kappa shape index (κ3) is 5.71. The van der Waals surface area contributed by atoms with Crippen molar-refractivity contribution in [1.82, 2.24) is 20.6 Å². The van der Waals surface area contributed by atoms with E-state index in [0.29, 0.717) is 5.92 Å². The largest absolute Gasteiger partial charge is 0.381 e. The van der Waals surface area contributed by atoms with Crippen LogP contribution in [-0.4, -0.2) is 62.5 Å². The number of aliphatic imine (C=N–C) groups is 1. The Morgan fingerprint density at radius 3 is 3.04 bits per heavy atom. The number of hydrogen-bond acceptors (Lipinski definition) is 4. The first-order valence-electron chi connectivity index (χ1n) is 9.39. The highest BCUT2D eigenvalue weighted by Gasteiger charge is 2.15. The van der Waals surface area contributed by atoms with Gasteiger partial charge in [-0.05, 0) is 25.0 Å². The van der Waals surface area contributed by atoms with Gasteiger partial charge in [-0.1, -0.05) is 12.1 Å². The predicted molar refractivity (Wildman–Crippen MR) is 104 cm³/mol. The number of aromatic nitrogens is 2. The summed E-state index contributed by atoms with van der Waals surface area (Å²) in [6.45, 7) is 4.92. The van der Waals surface area contributed by atoms with Crippen molar-refractivity contribution in [3.05, 3.63) is 30.1 Å². The van der Waals surface area contributed by atoms with Gasteiger partial charge in [-0.25, -0.2) is 4.98 Å². The summed E-state index contributed by atoms with van der Waals surface area (Å²) in [4.78, 5) is 12.2. The van der Waals surface area contributed by atoms with E-state index in [9.17, 15) is 0 Å². The molecule has 2 aromatic rings. The molecule has 3 N–H and O–H groups in total. The van der Waals surface area contributed by atoms with Gasteiger partial charge < -0.3 is 25.1 Å². The topological polar surface area (TPSA) is 83.6 Å². The molecule has 142 valence electrons. The summed E-state index contributed by atoms with van der Waals surface area (Å²) in [6, 6.07) is 8.08. The molecule has 1 aliphatic heterocycles. The zero-order valence-corrected chi connectivity index (χ0v) is 15.5. The van der Waals surface area contributed by atoms with Crippen molar-refractivity contribution in [2.45, 2.75) is 19.3 Å². The Balaban J connectivity index is 1.27. The lowest BCUT2D eigenvalue weighted by Crippen LogP contribution is -2.39. The molecule has 1 aromatic carbocycles. The number of H-pyrrole nitrogens is 1. The zero-order chi connectivity index (χ0) is 18.0. The first kappa shape index (κ1) is 18.7. The van der Waals surface area contributed by atoms with E-state index >= 15 is 0 Å². The van der Waals surface area contributed by atoms with E-state index in [1.54, 1.807) is 7.05 Å². The quantitative estimate of drug-likeness (QED) is 0.361. The molecule has 0 spiro atoms. The van der Waals surface area contributed by atoms with Crippen LogP contribution in [0.3, 0.4) is 0 Å². The number of nitrogens with zero attached hydrogens (tertiary/aromatic N) is 2. The van der Waals surface area contributed by atoms with Gasteiger partial charge in [0.25, 0.3) is 0 Å². The molecule has 1 aliphatic rings. The van der Waals surface area contributed by atoms with Gasteiger partial charge in [0.1, 0.15) is 5.82 Å². The van der Waals surface area contributed by atoms with Gasteiger partial charge in [-0.2, -0.15) is 0 Å². The van der Waals surface area contributed by atoms with E-state index in [4.69, 9.17) is 9.47 Å². The summed E-state index contributed by atoms with van der Waals surface area (Å²) < 4.78 is 11.1. The fourth-order valence-electron chi connectivity index (χ4n) is 2.99. The minimum Gasteiger partial charge on any atom is -0.381 e. The van der Waals surface area contributed by atoms with E-state index < -0.39 is 0 Å². The number of aromatic amines is 1. The van der Waals surface area contributed by atoms with Gasteiger partial charge in [-0.15, -0.1) is 0 Å². The Labute approximate surface area is 154 Å². The number of hydrogen-bond donors (Lipinski definition) is 3. The molecule has 1 saturated heterocycles. The van der Waals surface area contributed by atoms with Crippen LogP contribution >= 0.6 is 0 Å². The highest BCUT2D eigenvalue weighted by atomic mass is 16.5. The number of fused-ring (bicyclic) bond motifs is 1. The van der Waals surface area contributed by atoms with E-state index in [1.807, 2.05) is 24.3 Å². The van der Waals surface area contributed by atoms with E-state index in [1.165, 1.54) is 0 Å². The van der Waals surface area contributed by atoms with Gasteiger partial charge >= 0.3 is 0 Å². The zero-order valence-electron chi connectivity index (χ0n) is 15.5. The molecule has 7 heteroatoms. The van der Waals surface area contributed by atoms with Gasteiger partial charge in [-0.3, -0.25) is 4.99 Å². The highest BCUT2D eigenvalue weighted by molar-refractivity contribution is 5.79. The second-order valence-electron chi connectivity index (χ2n) is 6.53. The van der Waals surface area contributed by atoms with Crippen LogP contribution in [0.15, 0.2) is 29.3 Å². The van der Waals surface area contributed by atoms with Crippen LogP contribution in [-0.2, 0) is 15.9 Å². The number of ether oxygens (including phenoxy) is 2. The lowest BCUT2D eigenvalue weighted by molar-refractivity contribution is 0.0888. The average Bonchev–Trinajstić information content (AvgIpc) is 3.32. The maximum atomic E-state index is 5.71. The normalized spacial score (nSPS) is 17.7. The summed E-state index contributed by atoms with van der Waals surface area (Å²) in [7, 11) is 1.78. The highest BCUT2D eigenvalue weighted by Crippen LogP contribution is 2.12. The van der Waals surface area contributed by atoms with E-state index in [0.717, 1.165) is 81.6 Å². The Kier molecular flexibility index (Phi) is 7.27. The van der Waals surface area contributed by atoms with Gasteiger partial charge in [0.15, 0.2) is 5.96 Å². The van der Waals surface area contributed by atoms with Crippen LogP contribution in [0.5, 0.6) is 0 Å². The Hall–Kier alpha value is -2.12. The van der Waals surface area contributed by atoms with Gasteiger partial charge in [0.05, 0.1) is 24.2 Å². The Morgan fingerprint density at radius 2 is 2.23 bits per heavy atom. The smallest absolute Gasteiger partial charge is 0.190 e. The fraction of sp³-hybridized carbons (Fsp3) is 0.579. The summed E-state index contributed by atoms with van der Waals surface area (Å²) in [6.07, 6.45) is 2.90. The van der Waals surface area contributed by atoms with Crippen molar-refractivity contribution in [2.75, 3.05) is 46.6 Å².